The molecular weight excluding hydrogens is 350 g/mol. The van der Waals surface area contributed by atoms with E-state index in [1.165, 1.54) is 6.33 Å². The van der Waals surface area contributed by atoms with Crippen LogP contribution >= 0.6 is 31.9 Å². The molecule has 0 fully saturated rings. The Kier molecular flexibility index (Phi) is 3.93. The number of hydrogen-bond acceptors (Lipinski definition) is 5. The van der Waals surface area contributed by atoms with Gasteiger partial charge in [0.1, 0.15) is 18.0 Å². The van der Waals surface area contributed by atoms with Crippen molar-refractivity contribution in [1.82, 2.24) is 9.97 Å². The summed E-state index contributed by atoms with van der Waals surface area (Å²) in [6.07, 6.45) is 1.43. The Morgan fingerprint density at radius 1 is 1.06 bits per heavy atom. The van der Waals surface area contributed by atoms with Gasteiger partial charge in [0.25, 0.3) is 0 Å². The molecule has 0 aliphatic carbocycles. The Labute approximate surface area is 115 Å². The fourth-order valence-electron chi connectivity index (χ4n) is 1.24. The lowest BCUT2D eigenvalue weighted by Gasteiger charge is -2.08. The molecule has 0 amide bonds. The first-order valence-electron chi connectivity index (χ1n) is 4.70. The van der Waals surface area contributed by atoms with Crippen LogP contribution in [0.5, 0.6) is 0 Å². The minimum Gasteiger partial charge on any atom is -0.339 e. The van der Waals surface area contributed by atoms with Crippen molar-refractivity contribution in [1.29, 1.82) is 0 Å². The van der Waals surface area contributed by atoms with E-state index in [1.807, 2.05) is 18.2 Å². The summed E-state index contributed by atoms with van der Waals surface area (Å²) in [7, 11) is 0. The van der Waals surface area contributed by atoms with Crippen molar-refractivity contribution in [3.8, 4) is 0 Å². The molecule has 0 aliphatic heterocycles. The maximum absolute atomic E-state index is 5.28. The van der Waals surface area contributed by atoms with E-state index in [-0.39, 0.29) is 0 Å². The fraction of sp³-hybridized carbons (Fsp3) is 0. The van der Waals surface area contributed by atoms with Crippen LogP contribution in [0.2, 0.25) is 0 Å². The van der Waals surface area contributed by atoms with Gasteiger partial charge in [0, 0.05) is 15.0 Å². The molecule has 0 unspecified atom stereocenters. The Morgan fingerprint density at radius 2 is 1.82 bits per heavy atom. The number of benzene rings is 1. The quantitative estimate of drug-likeness (QED) is 0.580. The summed E-state index contributed by atoms with van der Waals surface area (Å²) >= 11 is 6.87. The first kappa shape index (κ1) is 12.3. The van der Waals surface area contributed by atoms with Gasteiger partial charge in [0.15, 0.2) is 0 Å². The van der Waals surface area contributed by atoms with E-state index in [1.54, 1.807) is 6.07 Å². The predicted molar refractivity (Wildman–Crippen MR) is 75.0 cm³/mol. The zero-order valence-corrected chi connectivity index (χ0v) is 11.8. The summed E-state index contributed by atoms with van der Waals surface area (Å²) in [5.41, 5.74) is 3.37. The van der Waals surface area contributed by atoms with Crippen LogP contribution in [0.25, 0.3) is 0 Å². The highest BCUT2D eigenvalue weighted by atomic mass is 79.9. The van der Waals surface area contributed by atoms with Gasteiger partial charge in [-0.3, -0.25) is 0 Å². The summed E-state index contributed by atoms with van der Waals surface area (Å²) in [6, 6.07) is 7.55. The average Bonchev–Trinajstić information content (AvgIpc) is 2.34. The number of hydrazine groups is 1. The number of aromatic nitrogens is 2. The third kappa shape index (κ3) is 3.15. The number of nitrogens with one attached hydrogen (secondary N) is 2. The molecule has 0 saturated heterocycles. The largest absolute Gasteiger partial charge is 0.339 e. The number of anilines is 3. The Bertz CT molecular complexity index is 532. The molecule has 0 atom stereocenters. The predicted octanol–water partition coefficient (Wildman–Crippen LogP) is 3.03. The van der Waals surface area contributed by atoms with Gasteiger partial charge in [0.05, 0.1) is 5.69 Å². The van der Waals surface area contributed by atoms with Gasteiger partial charge in [-0.05, 0) is 34.1 Å². The van der Waals surface area contributed by atoms with Crippen molar-refractivity contribution in [3.05, 3.63) is 39.5 Å². The van der Waals surface area contributed by atoms with Crippen LogP contribution in [0, 0.1) is 0 Å². The molecule has 2 rings (SSSR count). The maximum atomic E-state index is 5.28. The molecular formula is C10H9Br2N5. The first-order valence-corrected chi connectivity index (χ1v) is 6.28. The van der Waals surface area contributed by atoms with Crippen molar-refractivity contribution >= 4 is 49.2 Å². The van der Waals surface area contributed by atoms with Gasteiger partial charge in [-0.1, -0.05) is 15.9 Å². The first-order chi connectivity index (χ1) is 8.19. The number of nitrogen functional groups attached to an aromatic ring is 1. The SMILES string of the molecule is NNc1cc(Nc2cc(Br)ccc2Br)ncn1. The highest BCUT2D eigenvalue weighted by Gasteiger charge is 2.03. The zero-order chi connectivity index (χ0) is 12.3. The molecule has 7 heteroatoms. The zero-order valence-electron chi connectivity index (χ0n) is 8.61. The van der Waals surface area contributed by atoms with E-state index >= 15 is 0 Å². The van der Waals surface area contributed by atoms with E-state index in [0.29, 0.717) is 11.6 Å². The van der Waals surface area contributed by atoms with Gasteiger partial charge < -0.3 is 10.7 Å². The molecule has 1 aromatic carbocycles. The van der Waals surface area contributed by atoms with Crippen LogP contribution in [-0.2, 0) is 0 Å². The summed E-state index contributed by atoms with van der Waals surface area (Å²) in [5, 5.41) is 3.16. The number of nitrogens with two attached hydrogens (primary N) is 1. The maximum Gasteiger partial charge on any atom is 0.145 e. The van der Waals surface area contributed by atoms with Gasteiger partial charge in [-0.15, -0.1) is 0 Å². The monoisotopic (exact) mass is 357 g/mol. The third-order valence-corrected chi connectivity index (χ3v) is 3.19. The van der Waals surface area contributed by atoms with Crippen molar-refractivity contribution in [3.63, 3.8) is 0 Å². The van der Waals surface area contributed by atoms with Gasteiger partial charge >= 0.3 is 0 Å². The second-order valence-corrected chi connectivity index (χ2v) is 4.95. The van der Waals surface area contributed by atoms with E-state index in [9.17, 15) is 0 Å². The lowest BCUT2D eigenvalue weighted by Crippen LogP contribution is -2.09. The van der Waals surface area contributed by atoms with Crippen LogP contribution in [0.3, 0.4) is 0 Å². The minimum absolute atomic E-state index is 0.550. The van der Waals surface area contributed by atoms with Crippen LogP contribution in [0.1, 0.15) is 0 Å². The molecule has 88 valence electrons. The highest BCUT2D eigenvalue weighted by Crippen LogP contribution is 2.28. The molecule has 5 nitrogen and oxygen atoms in total. The molecule has 2 aromatic rings. The highest BCUT2D eigenvalue weighted by molar-refractivity contribution is 9.11. The summed E-state index contributed by atoms with van der Waals surface area (Å²) in [4.78, 5) is 8.03. The second kappa shape index (κ2) is 5.44. The van der Waals surface area contributed by atoms with E-state index in [0.717, 1.165) is 14.6 Å². The van der Waals surface area contributed by atoms with Gasteiger partial charge in [0.2, 0.25) is 0 Å². The van der Waals surface area contributed by atoms with E-state index in [4.69, 9.17) is 5.84 Å². The topological polar surface area (TPSA) is 75.9 Å². The van der Waals surface area contributed by atoms with Crippen LogP contribution in [0.15, 0.2) is 39.5 Å². The Balaban J connectivity index is 2.27. The standard InChI is InChI=1S/C10H9Br2N5/c11-6-1-2-7(12)8(3-6)16-9-4-10(17-13)15-5-14-9/h1-5H,13H2,(H2,14,15,16,17). The molecule has 0 saturated carbocycles. The molecule has 17 heavy (non-hydrogen) atoms. The average molecular weight is 359 g/mol. The van der Waals surface area contributed by atoms with Crippen LogP contribution in [-0.4, -0.2) is 9.97 Å². The number of halogens is 2. The smallest absolute Gasteiger partial charge is 0.145 e. The van der Waals surface area contributed by atoms with Gasteiger partial charge in [-0.2, -0.15) is 0 Å². The van der Waals surface area contributed by atoms with Crippen molar-refractivity contribution in [2.75, 3.05) is 10.7 Å². The van der Waals surface area contributed by atoms with Crippen molar-refractivity contribution in [2.24, 2.45) is 5.84 Å². The van der Waals surface area contributed by atoms with E-state index in [2.05, 4.69) is 52.6 Å². The Morgan fingerprint density at radius 3 is 2.59 bits per heavy atom. The second-order valence-electron chi connectivity index (χ2n) is 3.18. The number of rotatable bonds is 3. The lowest BCUT2D eigenvalue weighted by molar-refractivity contribution is 1.14. The van der Waals surface area contributed by atoms with Gasteiger partial charge in [-0.25, -0.2) is 15.8 Å². The molecule has 0 aliphatic rings. The fourth-order valence-corrected chi connectivity index (χ4v) is 1.94. The van der Waals surface area contributed by atoms with Crippen LogP contribution < -0.4 is 16.6 Å². The Hall–Kier alpha value is -1.18. The van der Waals surface area contributed by atoms with Crippen molar-refractivity contribution < 1.29 is 0 Å². The molecule has 4 N–H and O–H groups in total. The van der Waals surface area contributed by atoms with E-state index < -0.39 is 0 Å². The van der Waals surface area contributed by atoms with Crippen LogP contribution in [0.4, 0.5) is 17.3 Å². The summed E-state index contributed by atoms with van der Waals surface area (Å²) in [5.74, 6) is 6.49. The summed E-state index contributed by atoms with van der Waals surface area (Å²) < 4.78 is 1.93. The molecule has 0 bridgehead atoms. The molecule has 0 spiro atoms. The summed E-state index contributed by atoms with van der Waals surface area (Å²) in [6.45, 7) is 0. The lowest BCUT2D eigenvalue weighted by atomic mass is 10.3. The third-order valence-electron chi connectivity index (χ3n) is 2.01. The number of hydrogen-bond donors (Lipinski definition) is 3. The molecule has 1 heterocycles. The minimum atomic E-state index is 0.550. The normalized spacial score (nSPS) is 10.1. The number of nitrogens with zero attached hydrogens (tertiary/aromatic N) is 2. The van der Waals surface area contributed by atoms with Crippen molar-refractivity contribution in [2.45, 2.75) is 0 Å². The molecule has 0 radical (unpaired) electrons. The molecule has 1 aromatic heterocycles.